The predicted octanol–water partition coefficient (Wildman–Crippen LogP) is 14.2. The predicted molar refractivity (Wildman–Crippen MR) is 306 cm³/mol. The van der Waals surface area contributed by atoms with Gasteiger partial charge in [-0.1, -0.05) is 229 Å². The van der Waals surface area contributed by atoms with E-state index in [1.165, 1.54) is 161 Å². The highest BCUT2D eigenvalue weighted by molar-refractivity contribution is 5.76. The average Bonchev–Trinajstić information content (AvgIpc) is 3.40. The second kappa shape index (κ2) is 52.4. The maximum atomic E-state index is 13.0. The van der Waals surface area contributed by atoms with Gasteiger partial charge in [0.25, 0.3) is 0 Å². The Labute approximate surface area is 452 Å². The van der Waals surface area contributed by atoms with Gasteiger partial charge >= 0.3 is 5.97 Å². The van der Waals surface area contributed by atoms with Crippen LogP contribution >= 0.6 is 0 Å². The second-order valence-corrected chi connectivity index (χ2v) is 21.0. The van der Waals surface area contributed by atoms with Crippen LogP contribution in [0.15, 0.2) is 60.8 Å². The Morgan fingerprint density at radius 3 is 1.46 bits per heavy atom. The minimum absolute atomic E-state index is 0.0607. The molecule has 0 aromatic rings. The van der Waals surface area contributed by atoms with Gasteiger partial charge < -0.3 is 45.1 Å². The molecule has 0 bridgehead atoms. The molecule has 0 aromatic carbocycles. The lowest BCUT2D eigenvalue weighted by Crippen LogP contribution is -2.60. The van der Waals surface area contributed by atoms with Crippen molar-refractivity contribution in [3.8, 4) is 0 Å². The molecule has 0 aromatic heterocycles. The number of allylic oxidation sites excluding steroid dienone is 8. The molecule has 6 N–H and O–H groups in total. The second-order valence-electron chi connectivity index (χ2n) is 21.0. The van der Waals surface area contributed by atoms with Gasteiger partial charge in [-0.25, -0.2) is 0 Å². The molecule has 0 spiro atoms. The first kappa shape index (κ1) is 69.4. The van der Waals surface area contributed by atoms with Crippen LogP contribution in [0.1, 0.15) is 264 Å². The molecular formula is C63H113NO10. The monoisotopic (exact) mass is 1040 g/mol. The summed E-state index contributed by atoms with van der Waals surface area (Å²) < 4.78 is 16.6. The number of hydrogen-bond acceptors (Lipinski definition) is 10. The van der Waals surface area contributed by atoms with Crippen LogP contribution < -0.4 is 5.32 Å². The highest BCUT2D eigenvalue weighted by atomic mass is 16.7. The summed E-state index contributed by atoms with van der Waals surface area (Å²) in [4.78, 5) is 25.0. The van der Waals surface area contributed by atoms with Crippen molar-refractivity contribution in [2.45, 2.75) is 307 Å². The fourth-order valence-corrected chi connectivity index (χ4v) is 9.21. The van der Waals surface area contributed by atoms with Gasteiger partial charge in [0.05, 0.1) is 32.0 Å². The zero-order chi connectivity index (χ0) is 53.8. The van der Waals surface area contributed by atoms with Crippen molar-refractivity contribution >= 4 is 11.9 Å². The number of carbonyl (C=O) groups excluding carboxylic acids is 2. The summed E-state index contributed by atoms with van der Waals surface area (Å²) >= 11 is 0. The summed E-state index contributed by atoms with van der Waals surface area (Å²) in [7, 11) is 0. The summed E-state index contributed by atoms with van der Waals surface area (Å²) in [6.45, 7) is 4.17. The molecule has 0 saturated carbocycles. The number of esters is 1. The number of aliphatic hydroxyl groups is 5. The third-order valence-corrected chi connectivity index (χ3v) is 14.1. The summed E-state index contributed by atoms with van der Waals surface area (Å²) in [5.41, 5.74) is 0. The van der Waals surface area contributed by atoms with Crippen LogP contribution in [-0.2, 0) is 23.8 Å². The zero-order valence-electron chi connectivity index (χ0n) is 47.3. The topological polar surface area (TPSA) is 175 Å². The standard InChI is InChI=1S/C63H113NO10/c1-3-5-7-9-11-13-15-16-26-30-33-37-41-45-49-56(66)55(54-73-63-62(71)61(70)60(69)57(53-65)74-63)64-58(67)50-46-42-38-34-31-27-24-22-20-18-17-19-21-23-25-28-32-36-40-44-48-52-72-59(68)51-47-43-39-35-29-14-12-10-8-6-4-2/h10,12,28,30,32-33,40,44-45,49,55-57,60-63,65-66,69-71H,3-9,11,13-27,29,31,34-39,41-43,46-48,50-54H2,1-2H3,(H,64,67)/b12-10-,32-28-,33-30+,44-40-,49-45+. The van der Waals surface area contributed by atoms with Crippen molar-refractivity contribution in [1.29, 1.82) is 0 Å². The molecule has 1 aliphatic rings. The molecule has 1 amide bonds. The van der Waals surface area contributed by atoms with Crippen molar-refractivity contribution in [3.63, 3.8) is 0 Å². The van der Waals surface area contributed by atoms with Gasteiger partial charge in [-0.05, 0) is 83.5 Å². The van der Waals surface area contributed by atoms with E-state index in [0.29, 0.717) is 19.4 Å². The van der Waals surface area contributed by atoms with E-state index in [2.05, 4.69) is 67.8 Å². The SMILES string of the molecule is CCCC/C=C\CCCCCCCC(=O)OCC/C=C\C/C=C\CCCCCCCCCCCCCCCCC(=O)NC(COC1OC(CO)C(O)C(O)C1O)C(O)/C=C/CC/C=C/CCCCCCCCCC. The summed E-state index contributed by atoms with van der Waals surface area (Å²) in [6, 6.07) is -0.833. The van der Waals surface area contributed by atoms with Crippen molar-refractivity contribution in [3.05, 3.63) is 60.8 Å². The lowest BCUT2D eigenvalue weighted by Gasteiger charge is -2.40. The molecule has 1 saturated heterocycles. The maximum absolute atomic E-state index is 13.0. The molecule has 0 aliphatic carbocycles. The molecule has 1 rings (SSSR count). The van der Waals surface area contributed by atoms with E-state index in [4.69, 9.17) is 14.2 Å². The Kier molecular flexibility index (Phi) is 49.1. The van der Waals surface area contributed by atoms with E-state index in [9.17, 15) is 35.1 Å². The number of rotatable bonds is 52. The Bertz CT molecular complexity index is 1410. The average molecular weight is 1040 g/mol. The Balaban J connectivity index is 2.12. The normalized spacial score (nSPS) is 19.3. The summed E-state index contributed by atoms with van der Waals surface area (Å²) in [6.07, 6.45) is 57.5. The van der Waals surface area contributed by atoms with Crippen molar-refractivity contribution in [2.24, 2.45) is 0 Å². The lowest BCUT2D eigenvalue weighted by atomic mass is 9.99. The van der Waals surface area contributed by atoms with Gasteiger partial charge in [-0.2, -0.15) is 0 Å². The van der Waals surface area contributed by atoms with Crippen molar-refractivity contribution in [2.75, 3.05) is 19.8 Å². The van der Waals surface area contributed by atoms with E-state index < -0.39 is 49.5 Å². The smallest absolute Gasteiger partial charge is 0.305 e. The highest BCUT2D eigenvalue weighted by Gasteiger charge is 2.44. The van der Waals surface area contributed by atoms with Gasteiger partial charge in [0.1, 0.15) is 24.4 Å². The van der Waals surface area contributed by atoms with Crippen LogP contribution in [0.2, 0.25) is 0 Å². The number of unbranched alkanes of at least 4 members (excludes halogenated alkanes) is 30. The van der Waals surface area contributed by atoms with Gasteiger partial charge in [-0.3, -0.25) is 9.59 Å². The molecule has 7 atom stereocenters. The third-order valence-electron chi connectivity index (χ3n) is 14.1. The molecule has 1 aliphatic heterocycles. The molecule has 11 nitrogen and oxygen atoms in total. The van der Waals surface area contributed by atoms with Crippen molar-refractivity contribution < 1.29 is 49.3 Å². The quantitative estimate of drug-likeness (QED) is 0.0195. The Morgan fingerprint density at radius 1 is 0.500 bits per heavy atom. The maximum Gasteiger partial charge on any atom is 0.305 e. The fraction of sp³-hybridized carbons (Fsp3) is 0.810. The van der Waals surface area contributed by atoms with E-state index in [1.54, 1.807) is 6.08 Å². The van der Waals surface area contributed by atoms with Gasteiger partial charge in [0, 0.05) is 12.8 Å². The largest absolute Gasteiger partial charge is 0.465 e. The van der Waals surface area contributed by atoms with E-state index >= 15 is 0 Å². The van der Waals surface area contributed by atoms with Crippen LogP contribution in [-0.4, -0.2) is 100 Å². The Morgan fingerprint density at radius 2 is 0.932 bits per heavy atom. The minimum Gasteiger partial charge on any atom is -0.465 e. The van der Waals surface area contributed by atoms with Gasteiger partial charge in [0.2, 0.25) is 5.91 Å². The van der Waals surface area contributed by atoms with E-state index in [-0.39, 0.29) is 18.5 Å². The van der Waals surface area contributed by atoms with Crippen molar-refractivity contribution in [1.82, 2.24) is 5.32 Å². The number of aliphatic hydroxyl groups excluding tert-OH is 5. The first-order valence-corrected chi connectivity index (χ1v) is 30.6. The molecule has 1 fully saturated rings. The molecule has 74 heavy (non-hydrogen) atoms. The molecule has 0 radical (unpaired) electrons. The van der Waals surface area contributed by atoms with Crippen LogP contribution in [0.3, 0.4) is 0 Å². The number of carbonyl (C=O) groups is 2. The number of nitrogens with one attached hydrogen (secondary N) is 1. The molecule has 430 valence electrons. The summed E-state index contributed by atoms with van der Waals surface area (Å²) in [5.74, 6) is -0.258. The summed E-state index contributed by atoms with van der Waals surface area (Å²) in [5, 5.41) is 54.4. The molecule has 7 unspecified atom stereocenters. The van der Waals surface area contributed by atoms with Crippen LogP contribution in [0.5, 0.6) is 0 Å². The first-order valence-electron chi connectivity index (χ1n) is 30.6. The van der Waals surface area contributed by atoms with Crippen LogP contribution in [0, 0.1) is 0 Å². The molecular weight excluding hydrogens is 931 g/mol. The Hall–Kier alpha value is -2.64. The van der Waals surface area contributed by atoms with Crippen LogP contribution in [0.4, 0.5) is 0 Å². The van der Waals surface area contributed by atoms with Crippen LogP contribution in [0.25, 0.3) is 0 Å². The number of hydrogen-bond donors (Lipinski definition) is 6. The lowest BCUT2D eigenvalue weighted by molar-refractivity contribution is -0.302. The number of ether oxygens (including phenoxy) is 3. The highest BCUT2D eigenvalue weighted by Crippen LogP contribution is 2.23. The van der Waals surface area contributed by atoms with E-state index in [0.717, 1.165) is 77.0 Å². The molecule has 1 heterocycles. The van der Waals surface area contributed by atoms with Gasteiger partial charge in [0.15, 0.2) is 6.29 Å². The van der Waals surface area contributed by atoms with E-state index in [1.807, 2.05) is 6.08 Å². The van der Waals surface area contributed by atoms with Gasteiger partial charge in [-0.15, -0.1) is 0 Å². The minimum atomic E-state index is -1.58. The first-order chi connectivity index (χ1) is 36.2. The zero-order valence-corrected chi connectivity index (χ0v) is 47.3. The third kappa shape index (κ3) is 41.5. The molecule has 11 heteroatoms. The number of amides is 1. The fourth-order valence-electron chi connectivity index (χ4n) is 9.21.